The summed E-state index contributed by atoms with van der Waals surface area (Å²) in [5.74, 6) is 0.904. The molecule has 1 aromatic rings. The van der Waals surface area contributed by atoms with Crippen LogP contribution in [0.2, 0.25) is 0 Å². The van der Waals surface area contributed by atoms with Gasteiger partial charge in [0.25, 0.3) is 0 Å². The molecule has 19 heavy (non-hydrogen) atoms. The second-order valence-corrected chi connectivity index (χ2v) is 5.37. The van der Waals surface area contributed by atoms with Gasteiger partial charge in [0.2, 0.25) is 0 Å². The molecule has 0 amide bonds. The molecular formula is C16H22N2O. The molecule has 102 valence electrons. The normalized spacial score (nSPS) is 26.7. The van der Waals surface area contributed by atoms with E-state index < -0.39 is 5.54 Å². The van der Waals surface area contributed by atoms with Crippen LogP contribution in [0.1, 0.15) is 38.2 Å². The predicted octanol–water partition coefficient (Wildman–Crippen LogP) is 3.19. The van der Waals surface area contributed by atoms with Crippen molar-refractivity contribution in [3.8, 4) is 11.8 Å². The van der Waals surface area contributed by atoms with Crippen LogP contribution in [-0.4, -0.2) is 18.2 Å². The van der Waals surface area contributed by atoms with Gasteiger partial charge in [-0.1, -0.05) is 24.6 Å². The highest BCUT2D eigenvalue weighted by Crippen LogP contribution is 2.30. The predicted molar refractivity (Wildman–Crippen MR) is 76.1 cm³/mol. The molecule has 3 nitrogen and oxygen atoms in total. The van der Waals surface area contributed by atoms with Gasteiger partial charge in [-0.3, -0.25) is 5.32 Å². The van der Waals surface area contributed by atoms with Gasteiger partial charge in [-0.05, 0) is 44.9 Å². The Bertz CT molecular complexity index is 445. The number of hydrogen-bond acceptors (Lipinski definition) is 3. The van der Waals surface area contributed by atoms with E-state index in [9.17, 15) is 5.26 Å². The number of nitriles is 1. The maximum absolute atomic E-state index is 9.42. The molecular weight excluding hydrogens is 236 g/mol. The molecule has 0 aromatic heterocycles. The molecule has 1 aliphatic carbocycles. The number of rotatable bonds is 4. The lowest BCUT2D eigenvalue weighted by atomic mass is 9.81. The van der Waals surface area contributed by atoms with Crippen LogP contribution < -0.4 is 10.1 Å². The van der Waals surface area contributed by atoms with Crippen LogP contribution in [0.15, 0.2) is 24.3 Å². The van der Waals surface area contributed by atoms with Gasteiger partial charge in [0, 0.05) is 6.42 Å². The van der Waals surface area contributed by atoms with E-state index in [4.69, 9.17) is 4.74 Å². The maximum atomic E-state index is 9.42. The summed E-state index contributed by atoms with van der Waals surface area (Å²) in [4.78, 5) is 0. The van der Waals surface area contributed by atoms with Crippen LogP contribution in [-0.2, 0) is 0 Å². The van der Waals surface area contributed by atoms with Crippen LogP contribution in [0.3, 0.4) is 0 Å². The highest BCUT2D eigenvalue weighted by atomic mass is 16.5. The Morgan fingerprint density at radius 2 is 2.16 bits per heavy atom. The van der Waals surface area contributed by atoms with Crippen LogP contribution in [0.25, 0.3) is 0 Å². The molecule has 2 unspecified atom stereocenters. The average molecular weight is 258 g/mol. The topological polar surface area (TPSA) is 45.0 Å². The Morgan fingerprint density at radius 3 is 2.79 bits per heavy atom. The van der Waals surface area contributed by atoms with E-state index in [2.05, 4.69) is 30.4 Å². The monoisotopic (exact) mass is 258 g/mol. The summed E-state index contributed by atoms with van der Waals surface area (Å²) < 4.78 is 6.02. The fourth-order valence-electron chi connectivity index (χ4n) is 2.77. The van der Waals surface area contributed by atoms with Gasteiger partial charge >= 0.3 is 0 Å². The summed E-state index contributed by atoms with van der Waals surface area (Å²) in [6.45, 7) is 4.94. The third-order valence-corrected chi connectivity index (χ3v) is 3.76. The number of ether oxygens (including phenoxy) is 1. The number of nitrogens with zero attached hydrogens (tertiary/aromatic N) is 1. The lowest BCUT2D eigenvalue weighted by molar-refractivity contribution is 0.113. The van der Waals surface area contributed by atoms with E-state index in [0.29, 0.717) is 0 Å². The molecule has 0 aliphatic heterocycles. The minimum Gasteiger partial charge on any atom is -0.490 e. The second kappa shape index (κ2) is 6.08. The molecule has 1 N–H and O–H groups in total. The standard InChI is InChI=1S/C16H22N2O/c1-3-18-16(12-17)10-4-5-15(11-16)19-14-8-6-13(2)7-9-14/h6-9,15,18H,3-5,10-11H2,1-2H3. The third kappa shape index (κ3) is 3.48. The van der Waals surface area contributed by atoms with Gasteiger partial charge in [0.05, 0.1) is 6.07 Å². The van der Waals surface area contributed by atoms with Gasteiger partial charge in [-0.25, -0.2) is 0 Å². The van der Waals surface area contributed by atoms with Gasteiger partial charge in [-0.2, -0.15) is 5.26 Å². The molecule has 0 radical (unpaired) electrons. The summed E-state index contributed by atoms with van der Waals surface area (Å²) in [7, 11) is 0. The maximum Gasteiger partial charge on any atom is 0.119 e. The minimum atomic E-state index is -0.400. The molecule has 1 aliphatic rings. The van der Waals surface area contributed by atoms with Crippen molar-refractivity contribution < 1.29 is 4.74 Å². The van der Waals surface area contributed by atoms with Crippen molar-refractivity contribution in [1.82, 2.24) is 5.32 Å². The summed E-state index contributed by atoms with van der Waals surface area (Å²) in [5, 5.41) is 12.8. The van der Waals surface area contributed by atoms with Gasteiger partial charge in [0.1, 0.15) is 17.4 Å². The SMILES string of the molecule is CCNC1(C#N)CCCC(Oc2ccc(C)cc2)C1. The van der Waals surface area contributed by atoms with Crippen molar-refractivity contribution >= 4 is 0 Å². The van der Waals surface area contributed by atoms with E-state index >= 15 is 0 Å². The zero-order chi connectivity index (χ0) is 13.7. The van der Waals surface area contributed by atoms with Crippen molar-refractivity contribution in [3.05, 3.63) is 29.8 Å². The Balaban J connectivity index is 2.01. The Kier molecular flexibility index (Phi) is 4.44. The molecule has 3 heteroatoms. The molecule has 1 aromatic carbocycles. The first-order chi connectivity index (χ1) is 9.17. The Labute approximate surface area is 115 Å². The molecule has 0 bridgehead atoms. The quantitative estimate of drug-likeness (QED) is 0.902. The summed E-state index contributed by atoms with van der Waals surface area (Å²) >= 11 is 0. The molecule has 0 spiro atoms. The second-order valence-electron chi connectivity index (χ2n) is 5.37. The van der Waals surface area contributed by atoms with Crippen molar-refractivity contribution in [3.63, 3.8) is 0 Å². The van der Waals surface area contributed by atoms with Gasteiger partial charge in [-0.15, -0.1) is 0 Å². The van der Waals surface area contributed by atoms with Crippen molar-refractivity contribution in [2.45, 2.75) is 51.2 Å². The first kappa shape index (κ1) is 13.9. The minimum absolute atomic E-state index is 0.134. The van der Waals surface area contributed by atoms with E-state index in [1.54, 1.807) is 0 Å². The lowest BCUT2D eigenvalue weighted by Crippen LogP contribution is -2.49. The van der Waals surface area contributed by atoms with Crippen molar-refractivity contribution in [2.24, 2.45) is 0 Å². The summed E-state index contributed by atoms with van der Waals surface area (Å²) in [6, 6.07) is 10.6. The fourth-order valence-corrected chi connectivity index (χ4v) is 2.77. The van der Waals surface area contributed by atoms with E-state index in [1.807, 2.05) is 19.1 Å². The van der Waals surface area contributed by atoms with Crippen LogP contribution in [0.4, 0.5) is 0 Å². The van der Waals surface area contributed by atoms with E-state index in [1.165, 1.54) is 5.56 Å². The zero-order valence-corrected chi connectivity index (χ0v) is 11.8. The highest BCUT2D eigenvalue weighted by Gasteiger charge is 2.36. The first-order valence-corrected chi connectivity index (χ1v) is 7.07. The van der Waals surface area contributed by atoms with E-state index in [-0.39, 0.29) is 6.10 Å². The molecule has 2 atom stereocenters. The largest absolute Gasteiger partial charge is 0.490 e. The Hall–Kier alpha value is -1.53. The third-order valence-electron chi connectivity index (χ3n) is 3.76. The van der Waals surface area contributed by atoms with Crippen LogP contribution in [0.5, 0.6) is 5.75 Å². The molecule has 1 saturated carbocycles. The summed E-state index contributed by atoms with van der Waals surface area (Å²) in [6.07, 6.45) is 3.89. The number of benzene rings is 1. The van der Waals surface area contributed by atoms with Gasteiger partial charge < -0.3 is 4.74 Å². The van der Waals surface area contributed by atoms with Gasteiger partial charge in [0.15, 0.2) is 0 Å². The molecule has 2 rings (SSSR count). The first-order valence-electron chi connectivity index (χ1n) is 7.07. The smallest absolute Gasteiger partial charge is 0.119 e. The molecule has 1 fully saturated rings. The zero-order valence-electron chi connectivity index (χ0n) is 11.8. The highest BCUT2D eigenvalue weighted by molar-refractivity contribution is 5.26. The van der Waals surface area contributed by atoms with Crippen LogP contribution in [0, 0.1) is 18.3 Å². The van der Waals surface area contributed by atoms with Crippen molar-refractivity contribution in [2.75, 3.05) is 6.54 Å². The number of hydrogen-bond donors (Lipinski definition) is 1. The number of nitrogens with one attached hydrogen (secondary N) is 1. The molecule has 0 heterocycles. The number of aryl methyl sites for hydroxylation is 1. The lowest BCUT2D eigenvalue weighted by Gasteiger charge is -2.36. The van der Waals surface area contributed by atoms with Crippen molar-refractivity contribution in [1.29, 1.82) is 5.26 Å². The fraction of sp³-hybridized carbons (Fsp3) is 0.562. The van der Waals surface area contributed by atoms with E-state index in [0.717, 1.165) is 38.0 Å². The Morgan fingerprint density at radius 1 is 1.42 bits per heavy atom. The average Bonchev–Trinajstić information content (AvgIpc) is 2.42. The molecule has 0 saturated heterocycles. The summed E-state index contributed by atoms with van der Waals surface area (Å²) in [5.41, 5.74) is 0.831. The van der Waals surface area contributed by atoms with Crippen LogP contribution >= 0.6 is 0 Å².